The van der Waals surface area contributed by atoms with Crippen molar-refractivity contribution in [3.05, 3.63) is 107 Å². The van der Waals surface area contributed by atoms with Crippen molar-refractivity contribution < 1.29 is 10.0 Å². The van der Waals surface area contributed by atoms with Gasteiger partial charge in [-0.15, -0.1) is 0 Å². The molecule has 1 aromatic heterocycles. The van der Waals surface area contributed by atoms with Crippen molar-refractivity contribution in [3.63, 3.8) is 0 Å². The number of hydrogen-bond donors (Lipinski definition) is 3. The fraction of sp³-hybridized carbons (Fsp3) is 0.0769. The van der Waals surface area contributed by atoms with Gasteiger partial charge in [-0.25, -0.2) is 5.48 Å². The maximum Gasteiger partial charge on any atom is 0.267 e. The summed E-state index contributed by atoms with van der Waals surface area (Å²) in [6.45, 7) is 2.17. The molecule has 0 aliphatic heterocycles. The number of allylic oxidation sites excluding steroid dienone is 1. The molecule has 0 radical (unpaired) electrons. The normalized spacial score (nSPS) is 12.2. The van der Waals surface area contributed by atoms with Gasteiger partial charge >= 0.3 is 0 Å². The highest BCUT2D eigenvalue weighted by Crippen LogP contribution is 2.35. The summed E-state index contributed by atoms with van der Waals surface area (Å²) in [5, 5.41) is 16.9. The highest BCUT2D eigenvalue weighted by molar-refractivity contribution is 6.00. The average Bonchev–Trinajstić information content (AvgIpc) is 3.30. The Balaban J connectivity index is 1.85. The van der Waals surface area contributed by atoms with Gasteiger partial charge < -0.3 is 0 Å². The first-order chi connectivity index (χ1) is 15.2. The first kappa shape index (κ1) is 20.3. The van der Waals surface area contributed by atoms with Crippen LogP contribution in [0.3, 0.4) is 0 Å². The Morgan fingerprint density at radius 1 is 1.00 bits per heavy atom. The first-order valence-corrected chi connectivity index (χ1v) is 10.1. The second-order valence-corrected chi connectivity index (χ2v) is 7.18. The fourth-order valence-electron chi connectivity index (χ4n) is 3.75. The van der Waals surface area contributed by atoms with Gasteiger partial charge in [-0.2, -0.15) is 5.10 Å². The lowest BCUT2D eigenvalue weighted by Crippen LogP contribution is -2.14. The van der Waals surface area contributed by atoms with Crippen LogP contribution < -0.4 is 5.48 Å². The number of rotatable bonds is 6. The molecule has 31 heavy (non-hydrogen) atoms. The molecule has 154 valence electrons. The largest absolute Gasteiger partial charge is 0.288 e. The molecule has 3 aromatic carbocycles. The third-order valence-corrected chi connectivity index (χ3v) is 5.24. The van der Waals surface area contributed by atoms with E-state index in [0.29, 0.717) is 0 Å². The molecule has 0 saturated carbocycles. The van der Waals surface area contributed by atoms with E-state index in [4.69, 9.17) is 5.21 Å². The van der Waals surface area contributed by atoms with Crippen LogP contribution in [0.2, 0.25) is 0 Å². The van der Waals surface area contributed by atoms with E-state index in [1.54, 1.807) is 11.6 Å². The predicted molar refractivity (Wildman–Crippen MR) is 124 cm³/mol. The molecule has 1 amide bonds. The van der Waals surface area contributed by atoms with Crippen molar-refractivity contribution in [2.24, 2.45) is 0 Å². The number of hydroxylamine groups is 1. The first-order valence-electron chi connectivity index (χ1n) is 10.1. The SMILES string of the molecule is CC/C(=C(/c1ccc(/C=C/C(=O)NO)cc1)c1ccc2[nH]ncc2c1)c1ccccc1. The Morgan fingerprint density at radius 2 is 1.74 bits per heavy atom. The highest BCUT2D eigenvalue weighted by atomic mass is 16.5. The van der Waals surface area contributed by atoms with E-state index in [1.807, 2.05) is 24.4 Å². The van der Waals surface area contributed by atoms with E-state index in [9.17, 15) is 4.79 Å². The fourth-order valence-corrected chi connectivity index (χ4v) is 3.75. The van der Waals surface area contributed by atoms with Gasteiger partial charge in [0.15, 0.2) is 0 Å². The minimum absolute atomic E-state index is 0.560. The summed E-state index contributed by atoms with van der Waals surface area (Å²) in [7, 11) is 0. The molecule has 1 heterocycles. The topological polar surface area (TPSA) is 78.0 Å². The summed E-state index contributed by atoms with van der Waals surface area (Å²) in [6, 6.07) is 24.8. The standard InChI is InChI=1S/C26H23N3O2/c1-2-23(19-6-4-3-5-7-19)26(21-13-14-24-22(16-21)17-27-28-24)20-11-8-18(9-12-20)10-15-25(30)29-31/h3-17,31H,2H2,1H3,(H,27,28)(H,29,30)/b15-10+,26-23+. The van der Waals surface area contributed by atoms with Crippen LogP contribution in [-0.2, 0) is 4.79 Å². The molecule has 0 fully saturated rings. The molecule has 4 rings (SSSR count). The zero-order valence-corrected chi connectivity index (χ0v) is 17.2. The van der Waals surface area contributed by atoms with E-state index in [-0.39, 0.29) is 0 Å². The molecular weight excluding hydrogens is 386 g/mol. The number of nitrogens with one attached hydrogen (secondary N) is 2. The minimum atomic E-state index is -0.560. The number of aromatic amines is 1. The summed E-state index contributed by atoms with van der Waals surface area (Å²) < 4.78 is 0. The number of carbonyl (C=O) groups is 1. The van der Waals surface area contributed by atoms with Crippen molar-refractivity contribution in [3.8, 4) is 0 Å². The van der Waals surface area contributed by atoms with Crippen molar-refractivity contribution in [2.75, 3.05) is 0 Å². The zero-order valence-electron chi connectivity index (χ0n) is 17.2. The van der Waals surface area contributed by atoms with Crippen LogP contribution in [-0.4, -0.2) is 21.3 Å². The molecule has 3 N–H and O–H groups in total. The van der Waals surface area contributed by atoms with Gasteiger partial charge in [-0.05, 0) is 58.0 Å². The van der Waals surface area contributed by atoms with Crippen LogP contribution in [0.1, 0.15) is 35.6 Å². The number of H-pyrrole nitrogens is 1. The van der Waals surface area contributed by atoms with Gasteiger partial charge in [0.1, 0.15) is 0 Å². The van der Waals surface area contributed by atoms with Crippen LogP contribution in [0.15, 0.2) is 85.1 Å². The number of fused-ring (bicyclic) bond motifs is 1. The molecule has 4 aromatic rings. The van der Waals surface area contributed by atoms with Gasteiger partial charge in [0.2, 0.25) is 0 Å². The van der Waals surface area contributed by atoms with E-state index in [1.165, 1.54) is 22.8 Å². The molecule has 0 aliphatic carbocycles. The Kier molecular flexibility index (Phi) is 6.05. The highest BCUT2D eigenvalue weighted by Gasteiger charge is 2.14. The molecular formula is C26H23N3O2. The Bertz CT molecular complexity index is 1250. The lowest BCUT2D eigenvalue weighted by molar-refractivity contribution is -0.124. The Hall–Kier alpha value is -3.96. The van der Waals surface area contributed by atoms with Crippen LogP contribution in [0.4, 0.5) is 0 Å². The number of nitrogens with zero attached hydrogens (tertiary/aromatic N) is 1. The smallest absolute Gasteiger partial charge is 0.267 e. The molecule has 0 unspecified atom stereocenters. The van der Waals surface area contributed by atoms with Crippen molar-refractivity contribution in [1.82, 2.24) is 15.7 Å². The number of amides is 1. The number of aromatic nitrogens is 2. The summed E-state index contributed by atoms with van der Waals surface area (Å²) in [4.78, 5) is 11.3. The third-order valence-electron chi connectivity index (χ3n) is 5.24. The van der Waals surface area contributed by atoms with Gasteiger partial charge in [0.05, 0.1) is 11.7 Å². The second kappa shape index (κ2) is 9.24. The van der Waals surface area contributed by atoms with E-state index < -0.39 is 5.91 Å². The monoisotopic (exact) mass is 409 g/mol. The van der Waals surface area contributed by atoms with Crippen LogP contribution >= 0.6 is 0 Å². The Morgan fingerprint density at radius 3 is 2.45 bits per heavy atom. The van der Waals surface area contributed by atoms with Gasteiger partial charge in [0, 0.05) is 11.5 Å². The number of carbonyl (C=O) groups excluding carboxylic acids is 1. The maximum absolute atomic E-state index is 11.3. The predicted octanol–water partition coefficient (Wildman–Crippen LogP) is 5.45. The molecule has 5 heteroatoms. The van der Waals surface area contributed by atoms with Crippen LogP contribution in [0, 0.1) is 0 Å². The molecule has 5 nitrogen and oxygen atoms in total. The molecule has 0 atom stereocenters. The van der Waals surface area contributed by atoms with Gasteiger partial charge in [-0.1, -0.05) is 67.6 Å². The summed E-state index contributed by atoms with van der Waals surface area (Å²) in [5.74, 6) is -0.560. The molecule has 0 spiro atoms. The maximum atomic E-state index is 11.3. The lowest BCUT2D eigenvalue weighted by Gasteiger charge is -2.16. The second-order valence-electron chi connectivity index (χ2n) is 7.18. The summed E-state index contributed by atoms with van der Waals surface area (Å²) >= 11 is 0. The van der Waals surface area contributed by atoms with Crippen LogP contribution in [0.5, 0.6) is 0 Å². The molecule has 0 aliphatic rings. The van der Waals surface area contributed by atoms with Crippen LogP contribution in [0.25, 0.3) is 28.1 Å². The van der Waals surface area contributed by atoms with Gasteiger partial charge in [0.25, 0.3) is 5.91 Å². The summed E-state index contributed by atoms with van der Waals surface area (Å²) in [5.41, 5.74) is 9.30. The molecule has 0 bridgehead atoms. The number of hydrogen-bond acceptors (Lipinski definition) is 3. The zero-order chi connectivity index (χ0) is 21.6. The average molecular weight is 409 g/mol. The van der Waals surface area contributed by atoms with E-state index >= 15 is 0 Å². The summed E-state index contributed by atoms with van der Waals surface area (Å²) in [6.07, 6.45) is 5.67. The van der Waals surface area contributed by atoms with Gasteiger partial charge in [-0.3, -0.25) is 15.1 Å². The van der Waals surface area contributed by atoms with E-state index in [0.717, 1.165) is 34.0 Å². The Labute approximate surface area is 180 Å². The molecule has 0 saturated heterocycles. The van der Waals surface area contributed by atoms with Crippen molar-refractivity contribution in [2.45, 2.75) is 13.3 Å². The minimum Gasteiger partial charge on any atom is -0.288 e. The number of benzene rings is 3. The lowest BCUT2D eigenvalue weighted by atomic mass is 9.87. The van der Waals surface area contributed by atoms with Crippen molar-refractivity contribution in [1.29, 1.82) is 0 Å². The quantitative estimate of drug-likeness (QED) is 0.171. The van der Waals surface area contributed by atoms with Crippen molar-refractivity contribution >= 4 is 34.0 Å². The third kappa shape index (κ3) is 4.47. The van der Waals surface area contributed by atoms with E-state index in [2.05, 4.69) is 71.7 Å².